The van der Waals surface area contributed by atoms with Gasteiger partial charge in [0, 0.05) is 0 Å². The van der Waals surface area contributed by atoms with Crippen LogP contribution in [0.1, 0.15) is 16.3 Å². The minimum absolute atomic E-state index is 0.206. The van der Waals surface area contributed by atoms with Gasteiger partial charge in [0.25, 0.3) is 0 Å². The second-order valence-electron chi connectivity index (χ2n) is 3.34. The summed E-state index contributed by atoms with van der Waals surface area (Å²) < 4.78 is 17.2. The third kappa shape index (κ3) is 2.84. The fraction of sp³-hybridized carbons (Fsp3) is 0.0833. The van der Waals surface area contributed by atoms with Gasteiger partial charge in [-0.05, 0) is 24.3 Å². The van der Waals surface area contributed by atoms with Crippen molar-refractivity contribution in [3.05, 3.63) is 52.9 Å². The molecule has 0 bridgehead atoms. The Balaban J connectivity index is 2.17. The van der Waals surface area contributed by atoms with Crippen LogP contribution in [0.5, 0.6) is 0 Å². The zero-order chi connectivity index (χ0) is 12.3. The Kier molecular flexibility index (Phi) is 3.76. The highest BCUT2D eigenvalue weighted by Gasteiger charge is 2.11. The Morgan fingerprint density at radius 2 is 2.00 bits per heavy atom. The molecular formula is C12H9ClO3S. The SMILES string of the molecule is O=Cc1ccc(CS(=O)c2ccccc2Cl)o1. The lowest BCUT2D eigenvalue weighted by Crippen LogP contribution is -1.96. The van der Waals surface area contributed by atoms with Crippen molar-refractivity contribution < 1.29 is 13.4 Å². The summed E-state index contributed by atoms with van der Waals surface area (Å²) in [5.74, 6) is 0.943. The predicted molar refractivity (Wildman–Crippen MR) is 65.7 cm³/mol. The molecule has 2 rings (SSSR count). The minimum atomic E-state index is -1.28. The van der Waals surface area contributed by atoms with Crippen LogP contribution in [0.3, 0.4) is 0 Å². The summed E-state index contributed by atoms with van der Waals surface area (Å²) >= 11 is 5.94. The van der Waals surface area contributed by atoms with E-state index in [1.165, 1.54) is 0 Å². The van der Waals surface area contributed by atoms with E-state index in [4.69, 9.17) is 16.0 Å². The molecule has 0 spiro atoms. The van der Waals surface area contributed by atoms with Gasteiger partial charge in [0.2, 0.25) is 0 Å². The summed E-state index contributed by atoms with van der Waals surface area (Å²) in [6.45, 7) is 0. The number of hydrogen-bond acceptors (Lipinski definition) is 3. The van der Waals surface area contributed by atoms with Crippen LogP contribution in [-0.2, 0) is 16.6 Å². The minimum Gasteiger partial charge on any atom is -0.457 e. The first-order chi connectivity index (χ1) is 8.20. The molecule has 1 atom stereocenters. The highest BCUT2D eigenvalue weighted by Crippen LogP contribution is 2.21. The molecule has 0 saturated carbocycles. The molecular weight excluding hydrogens is 260 g/mol. The van der Waals surface area contributed by atoms with Gasteiger partial charge in [-0.3, -0.25) is 9.00 Å². The first-order valence-electron chi connectivity index (χ1n) is 4.87. The number of carbonyl (C=O) groups excluding carboxylic acids is 1. The van der Waals surface area contributed by atoms with Gasteiger partial charge in [0.05, 0.1) is 26.5 Å². The van der Waals surface area contributed by atoms with Gasteiger partial charge in [0.15, 0.2) is 12.0 Å². The number of halogens is 1. The summed E-state index contributed by atoms with van der Waals surface area (Å²) in [4.78, 5) is 11.0. The summed E-state index contributed by atoms with van der Waals surface area (Å²) in [7, 11) is -1.28. The van der Waals surface area contributed by atoms with E-state index in [1.807, 2.05) is 0 Å². The van der Waals surface area contributed by atoms with Gasteiger partial charge >= 0.3 is 0 Å². The van der Waals surface area contributed by atoms with Crippen molar-refractivity contribution in [3.8, 4) is 0 Å². The van der Waals surface area contributed by atoms with E-state index in [-0.39, 0.29) is 11.5 Å². The smallest absolute Gasteiger partial charge is 0.185 e. The van der Waals surface area contributed by atoms with E-state index in [0.29, 0.717) is 22.0 Å². The zero-order valence-corrected chi connectivity index (χ0v) is 10.3. The molecule has 0 radical (unpaired) electrons. The van der Waals surface area contributed by atoms with Crippen LogP contribution in [0, 0.1) is 0 Å². The van der Waals surface area contributed by atoms with Crippen molar-refractivity contribution in [1.82, 2.24) is 0 Å². The van der Waals surface area contributed by atoms with Gasteiger partial charge in [-0.15, -0.1) is 0 Å². The number of rotatable bonds is 4. The maximum Gasteiger partial charge on any atom is 0.185 e. The van der Waals surface area contributed by atoms with Crippen LogP contribution in [0.2, 0.25) is 5.02 Å². The molecule has 0 saturated heterocycles. The number of carbonyl (C=O) groups is 1. The van der Waals surface area contributed by atoms with E-state index in [2.05, 4.69) is 0 Å². The van der Waals surface area contributed by atoms with Gasteiger partial charge < -0.3 is 4.42 Å². The monoisotopic (exact) mass is 268 g/mol. The molecule has 3 nitrogen and oxygen atoms in total. The topological polar surface area (TPSA) is 47.3 Å². The van der Waals surface area contributed by atoms with Crippen LogP contribution < -0.4 is 0 Å². The van der Waals surface area contributed by atoms with Crippen LogP contribution in [0.25, 0.3) is 0 Å². The van der Waals surface area contributed by atoms with Gasteiger partial charge in [-0.1, -0.05) is 23.7 Å². The van der Waals surface area contributed by atoms with Crippen LogP contribution in [0.15, 0.2) is 45.7 Å². The molecule has 0 N–H and O–H groups in total. The zero-order valence-electron chi connectivity index (χ0n) is 8.76. The summed E-state index contributed by atoms with van der Waals surface area (Å²) in [6, 6.07) is 10.1. The molecule has 1 aromatic carbocycles. The van der Waals surface area contributed by atoms with Gasteiger partial charge in [0.1, 0.15) is 5.76 Å². The molecule has 2 aromatic rings. The van der Waals surface area contributed by atoms with Crippen molar-refractivity contribution >= 4 is 28.7 Å². The van der Waals surface area contributed by atoms with E-state index in [0.717, 1.165) is 0 Å². The molecule has 17 heavy (non-hydrogen) atoms. The molecule has 1 unspecified atom stereocenters. The highest BCUT2D eigenvalue weighted by atomic mass is 35.5. The van der Waals surface area contributed by atoms with Crippen LogP contribution in [-0.4, -0.2) is 10.5 Å². The van der Waals surface area contributed by atoms with Crippen molar-refractivity contribution in [3.63, 3.8) is 0 Å². The van der Waals surface area contributed by atoms with Crippen LogP contribution >= 0.6 is 11.6 Å². The number of benzene rings is 1. The van der Waals surface area contributed by atoms with Crippen molar-refractivity contribution in [1.29, 1.82) is 0 Å². The molecule has 0 fully saturated rings. The average molecular weight is 269 g/mol. The van der Waals surface area contributed by atoms with E-state index in [1.54, 1.807) is 36.4 Å². The first-order valence-corrected chi connectivity index (χ1v) is 6.57. The van der Waals surface area contributed by atoms with E-state index in [9.17, 15) is 9.00 Å². The Morgan fingerprint density at radius 1 is 1.24 bits per heavy atom. The van der Waals surface area contributed by atoms with E-state index < -0.39 is 10.8 Å². The Morgan fingerprint density at radius 3 is 2.65 bits per heavy atom. The van der Waals surface area contributed by atoms with Crippen molar-refractivity contribution in [2.75, 3.05) is 0 Å². The third-order valence-electron chi connectivity index (χ3n) is 2.15. The first kappa shape index (κ1) is 12.1. The highest BCUT2D eigenvalue weighted by molar-refractivity contribution is 7.84. The fourth-order valence-electron chi connectivity index (χ4n) is 1.37. The third-order valence-corrected chi connectivity index (χ3v) is 3.99. The van der Waals surface area contributed by atoms with Gasteiger partial charge in [-0.2, -0.15) is 0 Å². The number of aldehydes is 1. The quantitative estimate of drug-likeness (QED) is 0.801. The number of hydrogen-bond donors (Lipinski definition) is 0. The summed E-state index contributed by atoms with van der Waals surface area (Å²) in [6.07, 6.45) is 0.613. The second kappa shape index (κ2) is 5.29. The average Bonchev–Trinajstić information content (AvgIpc) is 2.77. The molecule has 1 heterocycles. The normalized spacial score (nSPS) is 12.3. The molecule has 88 valence electrons. The maximum atomic E-state index is 12.0. The van der Waals surface area contributed by atoms with Crippen LogP contribution in [0.4, 0.5) is 0 Å². The van der Waals surface area contributed by atoms with Crippen molar-refractivity contribution in [2.24, 2.45) is 0 Å². The van der Waals surface area contributed by atoms with Gasteiger partial charge in [-0.25, -0.2) is 0 Å². The Labute approximate surface area is 106 Å². The Hall–Kier alpha value is -1.39. The summed E-state index contributed by atoms with van der Waals surface area (Å²) in [5, 5.41) is 0.466. The molecule has 1 aromatic heterocycles. The molecule has 0 aliphatic heterocycles. The van der Waals surface area contributed by atoms with E-state index >= 15 is 0 Å². The lowest BCUT2D eigenvalue weighted by Gasteiger charge is -2.02. The second-order valence-corrected chi connectivity index (χ2v) is 5.17. The standard InChI is InChI=1S/C12H9ClO3S/c13-11-3-1-2-4-12(11)17(15)8-10-6-5-9(7-14)16-10/h1-7H,8H2. The maximum absolute atomic E-state index is 12.0. The van der Waals surface area contributed by atoms with Crippen molar-refractivity contribution in [2.45, 2.75) is 10.6 Å². The number of furan rings is 1. The lowest BCUT2D eigenvalue weighted by molar-refractivity contribution is 0.109. The Bertz CT molecular complexity index is 562. The molecule has 0 aliphatic rings. The predicted octanol–water partition coefficient (Wildman–Crippen LogP) is 3.05. The molecule has 5 heteroatoms. The molecule has 0 amide bonds. The fourth-order valence-corrected chi connectivity index (χ4v) is 2.85. The summed E-state index contributed by atoms with van der Waals surface area (Å²) in [5.41, 5.74) is 0. The largest absolute Gasteiger partial charge is 0.457 e. The molecule has 0 aliphatic carbocycles. The lowest BCUT2D eigenvalue weighted by atomic mass is 10.4.